The summed E-state index contributed by atoms with van der Waals surface area (Å²) in [6.07, 6.45) is 3.39. The Bertz CT molecular complexity index is 263. The molecule has 0 aromatic heterocycles. The molecule has 0 atom stereocenters. The largest absolute Gasteiger partial charge is 0.393 e. The van der Waals surface area contributed by atoms with Gasteiger partial charge in [0.25, 0.3) is 0 Å². The van der Waals surface area contributed by atoms with Crippen LogP contribution in [0.3, 0.4) is 0 Å². The first-order chi connectivity index (χ1) is 7.08. The van der Waals surface area contributed by atoms with Gasteiger partial charge in [0.05, 0.1) is 6.10 Å². The molecule has 1 aliphatic rings. The number of likely N-dealkylation sites (tertiary alicyclic amines) is 1. The number of aliphatic imine (C=N–C) groups is 1. The molecule has 1 heterocycles. The van der Waals surface area contributed by atoms with E-state index >= 15 is 0 Å². The van der Waals surface area contributed by atoms with Gasteiger partial charge in [-0.1, -0.05) is 13.2 Å². The van der Waals surface area contributed by atoms with E-state index in [1.54, 1.807) is 6.21 Å². The third kappa shape index (κ3) is 4.91. The zero-order valence-electron chi connectivity index (χ0n) is 9.45. The fraction of sp³-hybridized carbons (Fsp3) is 0.583. The van der Waals surface area contributed by atoms with Crippen LogP contribution in [0.2, 0.25) is 0 Å². The highest BCUT2D eigenvalue weighted by atomic mass is 16.3. The molecule has 0 aliphatic carbocycles. The maximum absolute atomic E-state index is 9.35. The molecule has 1 N–H and O–H groups in total. The fourth-order valence-electron chi connectivity index (χ4n) is 1.61. The molecular weight excluding hydrogens is 188 g/mol. The van der Waals surface area contributed by atoms with E-state index in [1.807, 2.05) is 6.92 Å². The predicted molar refractivity (Wildman–Crippen MR) is 64.1 cm³/mol. The van der Waals surface area contributed by atoms with E-state index in [0.29, 0.717) is 0 Å². The molecule has 15 heavy (non-hydrogen) atoms. The predicted octanol–water partition coefficient (Wildman–Crippen LogP) is 1.60. The zero-order valence-corrected chi connectivity index (χ0v) is 9.45. The van der Waals surface area contributed by atoms with Crippen LogP contribution >= 0.6 is 0 Å². The molecule has 0 saturated carbocycles. The van der Waals surface area contributed by atoms with Gasteiger partial charge in [0, 0.05) is 31.5 Å². The standard InChI is InChI=1S/C12H20N2O/c1-10(2)13-8-11(3)9-14-6-4-12(15)5-7-14/h8,12,15H,1,3-7,9H2,2H3. The maximum atomic E-state index is 9.35. The van der Waals surface area contributed by atoms with Gasteiger partial charge >= 0.3 is 0 Å². The first-order valence-corrected chi connectivity index (χ1v) is 5.35. The highest BCUT2D eigenvalue weighted by molar-refractivity contribution is 5.78. The van der Waals surface area contributed by atoms with Gasteiger partial charge in [-0.05, 0) is 25.3 Å². The number of hydrogen-bond acceptors (Lipinski definition) is 3. The van der Waals surface area contributed by atoms with Gasteiger partial charge in [0.15, 0.2) is 0 Å². The first-order valence-electron chi connectivity index (χ1n) is 5.35. The highest BCUT2D eigenvalue weighted by Gasteiger charge is 2.16. The van der Waals surface area contributed by atoms with E-state index in [2.05, 4.69) is 23.1 Å². The van der Waals surface area contributed by atoms with E-state index in [9.17, 15) is 5.11 Å². The molecular formula is C12H20N2O. The second-order valence-corrected chi connectivity index (χ2v) is 4.16. The molecule has 1 saturated heterocycles. The third-order valence-corrected chi connectivity index (χ3v) is 2.45. The van der Waals surface area contributed by atoms with Crippen LogP contribution in [0.1, 0.15) is 19.8 Å². The SMILES string of the molecule is C=C(C=NC(=C)C)CN1CCC(O)CC1. The van der Waals surface area contributed by atoms with Crippen molar-refractivity contribution in [1.82, 2.24) is 4.90 Å². The van der Waals surface area contributed by atoms with Crippen LogP contribution in [0, 0.1) is 0 Å². The maximum Gasteiger partial charge on any atom is 0.0564 e. The van der Waals surface area contributed by atoms with Crippen molar-refractivity contribution in [2.75, 3.05) is 19.6 Å². The molecule has 0 aromatic carbocycles. The van der Waals surface area contributed by atoms with Gasteiger partial charge in [0.2, 0.25) is 0 Å². The van der Waals surface area contributed by atoms with Crippen LogP contribution in [-0.4, -0.2) is 42.0 Å². The Kier molecular flexibility index (Phi) is 4.72. The van der Waals surface area contributed by atoms with Gasteiger partial charge in [0.1, 0.15) is 0 Å². The molecule has 0 bridgehead atoms. The molecule has 0 radical (unpaired) electrons. The third-order valence-electron chi connectivity index (χ3n) is 2.45. The minimum absolute atomic E-state index is 0.112. The lowest BCUT2D eigenvalue weighted by molar-refractivity contribution is 0.0875. The smallest absolute Gasteiger partial charge is 0.0564 e. The minimum atomic E-state index is -0.112. The van der Waals surface area contributed by atoms with Crippen molar-refractivity contribution >= 4 is 6.21 Å². The molecule has 3 nitrogen and oxygen atoms in total. The first kappa shape index (κ1) is 12.1. The number of piperidine rings is 1. The second kappa shape index (κ2) is 5.83. The van der Waals surface area contributed by atoms with E-state index in [4.69, 9.17) is 0 Å². The molecule has 0 unspecified atom stereocenters. The fourth-order valence-corrected chi connectivity index (χ4v) is 1.61. The number of hydrogen-bond donors (Lipinski definition) is 1. The van der Waals surface area contributed by atoms with Crippen LogP contribution in [0.15, 0.2) is 29.4 Å². The van der Waals surface area contributed by atoms with E-state index in [-0.39, 0.29) is 6.10 Å². The summed E-state index contributed by atoms with van der Waals surface area (Å²) in [5, 5.41) is 9.35. The van der Waals surface area contributed by atoms with Crippen LogP contribution in [0.25, 0.3) is 0 Å². The lowest BCUT2D eigenvalue weighted by atomic mass is 10.1. The average molecular weight is 208 g/mol. The Balaban J connectivity index is 2.29. The van der Waals surface area contributed by atoms with Crippen molar-refractivity contribution in [3.05, 3.63) is 24.4 Å². The Morgan fingerprint density at radius 1 is 1.47 bits per heavy atom. The van der Waals surface area contributed by atoms with E-state index in [1.165, 1.54) is 0 Å². The normalized spacial score (nSPS) is 19.6. The summed E-state index contributed by atoms with van der Waals surface area (Å²) in [7, 11) is 0. The molecule has 1 aliphatic heterocycles. The zero-order chi connectivity index (χ0) is 11.3. The number of allylic oxidation sites excluding steroid dienone is 1. The van der Waals surface area contributed by atoms with Gasteiger partial charge in [-0.3, -0.25) is 9.89 Å². The summed E-state index contributed by atoms with van der Waals surface area (Å²) in [5.74, 6) is 0. The van der Waals surface area contributed by atoms with Crippen molar-refractivity contribution in [1.29, 1.82) is 0 Å². The molecule has 84 valence electrons. The van der Waals surface area contributed by atoms with Crippen molar-refractivity contribution in [3.8, 4) is 0 Å². The van der Waals surface area contributed by atoms with Crippen LogP contribution in [0.4, 0.5) is 0 Å². The van der Waals surface area contributed by atoms with Crippen molar-refractivity contribution < 1.29 is 5.11 Å². The minimum Gasteiger partial charge on any atom is -0.393 e. The molecule has 1 fully saturated rings. The monoisotopic (exact) mass is 208 g/mol. The highest BCUT2D eigenvalue weighted by Crippen LogP contribution is 2.10. The second-order valence-electron chi connectivity index (χ2n) is 4.16. The Labute approximate surface area is 91.8 Å². The lowest BCUT2D eigenvalue weighted by Gasteiger charge is -2.29. The summed E-state index contributed by atoms with van der Waals surface area (Å²) >= 11 is 0. The van der Waals surface area contributed by atoms with Crippen LogP contribution < -0.4 is 0 Å². The summed E-state index contributed by atoms with van der Waals surface area (Å²) in [4.78, 5) is 6.40. The molecule has 0 spiro atoms. The van der Waals surface area contributed by atoms with E-state index in [0.717, 1.165) is 43.7 Å². The van der Waals surface area contributed by atoms with Gasteiger partial charge in [-0.25, -0.2) is 0 Å². The van der Waals surface area contributed by atoms with Crippen LogP contribution in [-0.2, 0) is 0 Å². The summed E-state index contributed by atoms with van der Waals surface area (Å²) in [5.41, 5.74) is 1.79. The van der Waals surface area contributed by atoms with Gasteiger partial charge < -0.3 is 5.11 Å². The van der Waals surface area contributed by atoms with Gasteiger partial charge in [-0.2, -0.15) is 0 Å². The summed E-state index contributed by atoms with van der Waals surface area (Å²) in [6, 6.07) is 0. The number of nitrogens with zero attached hydrogens (tertiary/aromatic N) is 2. The van der Waals surface area contributed by atoms with Crippen molar-refractivity contribution in [3.63, 3.8) is 0 Å². The number of aliphatic hydroxyl groups excluding tert-OH is 1. The Morgan fingerprint density at radius 2 is 2.07 bits per heavy atom. The molecule has 0 aromatic rings. The average Bonchev–Trinajstić information content (AvgIpc) is 2.19. The van der Waals surface area contributed by atoms with Gasteiger partial charge in [-0.15, -0.1) is 0 Å². The van der Waals surface area contributed by atoms with E-state index < -0.39 is 0 Å². The Hall–Kier alpha value is -0.930. The van der Waals surface area contributed by atoms with Crippen LogP contribution in [0.5, 0.6) is 0 Å². The topological polar surface area (TPSA) is 35.8 Å². The quantitative estimate of drug-likeness (QED) is 0.712. The number of aliphatic hydroxyl groups is 1. The summed E-state index contributed by atoms with van der Waals surface area (Å²) < 4.78 is 0. The molecule has 3 heteroatoms. The van der Waals surface area contributed by atoms with Crippen molar-refractivity contribution in [2.45, 2.75) is 25.9 Å². The number of rotatable bonds is 4. The molecule has 0 amide bonds. The Morgan fingerprint density at radius 3 is 2.60 bits per heavy atom. The summed E-state index contributed by atoms with van der Waals surface area (Å²) in [6.45, 7) is 12.2. The van der Waals surface area contributed by atoms with Crippen molar-refractivity contribution in [2.24, 2.45) is 4.99 Å². The molecule has 1 rings (SSSR count). The lowest BCUT2D eigenvalue weighted by Crippen LogP contribution is -2.37.